The third kappa shape index (κ3) is 2.39. The molecule has 2 aromatic rings. The largest absolute Gasteiger partial charge is 0.381 e. The first-order valence-corrected chi connectivity index (χ1v) is 7.58. The summed E-state index contributed by atoms with van der Waals surface area (Å²) in [5.41, 5.74) is 1.89. The zero-order valence-electron chi connectivity index (χ0n) is 12.2. The average molecular weight is 299 g/mol. The third-order valence-corrected chi connectivity index (χ3v) is 4.27. The number of rotatable bonds is 4. The predicted octanol–water partition coefficient (Wildman–Crippen LogP) is 1.77. The number of ether oxygens (including phenoxy) is 1. The normalized spacial score (nSPS) is 20.6. The summed E-state index contributed by atoms with van der Waals surface area (Å²) in [5.74, 6) is 1.64. The summed E-state index contributed by atoms with van der Waals surface area (Å²) in [4.78, 5) is 18.5. The van der Waals surface area contributed by atoms with Crippen LogP contribution in [0.3, 0.4) is 0 Å². The van der Waals surface area contributed by atoms with E-state index >= 15 is 0 Å². The lowest BCUT2D eigenvalue weighted by molar-refractivity contribution is 0.0777. The molecule has 3 heterocycles. The van der Waals surface area contributed by atoms with Crippen LogP contribution in [-0.2, 0) is 17.7 Å². The Balaban J connectivity index is 1.39. The molecule has 22 heavy (non-hydrogen) atoms. The van der Waals surface area contributed by atoms with Gasteiger partial charge in [-0.05, 0) is 18.1 Å². The summed E-state index contributed by atoms with van der Waals surface area (Å²) in [6, 6.07) is 7.73. The third-order valence-electron chi connectivity index (χ3n) is 4.27. The van der Waals surface area contributed by atoms with Gasteiger partial charge in [0.05, 0.1) is 6.61 Å². The number of hydrogen-bond acceptors (Lipinski definition) is 5. The van der Waals surface area contributed by atoms with E-state index in [9.17, 15) is 4.79 Å². The van der Waals surface area contributed by atoms with Crippen molar-refractivity contribution in [1.82, 2.24) is 15.0 Å². The molecule has 114 valence electrons. The van der Waals surface area contributed by atoms with Crippen LogP contribution in [0, 0.1) is 0 Å². The van der Waals surface area contributed by atoms with Gasteiger partial charge in [0.2, 0.25) is 5.89 Å². The van der Waals surface area contributed by atoms with Gasteiger partial charge >= 0.3 is 0 Å². The van der Waals surface area contributed by atoms with Crippen LogP contribution in [0.25, 0.3) is 0 Å². The van der Waals surface area contributed by atoms with Crippen LogP contribution in [0.2, 0.25) is 0 Å². The Labute approximate surface area is 128 Å². The molecule has 2 aliphatic heterocycles. The van der Waals surface area contributed by atoms with Gasteiger partial charge in [-0.1, -0.05) is 23.4 Å². The zero-order valence-corrected chi connectivity index (χ0v) is 12.2. The quantitative estimate of drug-likeness (QED) is 0.860. The van der Waals surface area contributed by atoms with Gasteiger partial charge in [0.1, 0.15) is 0 Å². The molecule has 4 rings (SSSR count). The lowest BCUT2D eigenvalue weighted by atomic mass is 10.1. The van der Waals surface area contributed by atoms with Gasteiger partial charge in [-0.15, -0.1) is 0 Å². The Morgan fingerprint density at radius 1 is 1.32 bits per heavy atom. The van der Waals surface area contributed by atoms with Crippen LogP contribution in [0.4, 0.5) is 0 Å². The Morgan fingerprint density at radius 2 is 2.23 bits per heavy atom. The van der Waals surface area contributed by atoms with Gasteiger partial charge in [0, 0.05) is 37.6 Å². The Bertz CT molecular complexity index is 691. The van der Waals surface area contributed by atoms with Crippen molar-refractivity contribution in [2.45, 2.75) is 25.3 Å². The number of carbonyl (C=O) groups is 1. The first-order chi connectivity index (χ1) is 10.8. The molecule has 0 N–H and O–H groups in total. The smallest absolute Gasteiger partial charge is 0.254 e. The summed E-state index contributed by atoms with van der Waals surface area (Å²) in [6.07, 6.45) is 1.53. The molecule has 1 saturated heterocycles. The van der Waals surface area contributed by atoms with E-state index in [1.165, 1.54) is 0 Å². The molecule has 6 nitrogen and oxygen atoms in total. The molecule has 0 radical (unpaired) electrons. The molecule has 0 spiro atoms. The molecule has 0 aliphatic carbocycles. The van der Waals surface area contributed by atoms with E-state index in [0.29, 0.717) is 32.0 Å². The van der Waals surface area contributed by atoms with Gasteiger partial charge in [-0.2, -0.15) is 4.98 Å². The van der Waals surface area contributed by atoms with Gasteiger partial charge in [0.25, 0.3) is 5.91 Å². The number of benzene rings is 1. The fraction of sp³-hybridized carbons (Fsp3) is 0.438. The van der Waals surface area contributed by atoms with Crippen LogP contribution in [0.15, 0.2) is 28.8 Å². The molecule has 0 bridgehead atoms. The minimum absolute atomic E-state index is 0.0829. The monoisotopic (exact) mass is 299 g/mol. The van der Waals surface area contributed by atoms with Crippen LogP contribution in [0.1, 0.15) is 40.0 Å². The number of aromatic nitrogens is 2. The molecule has 2 aliphatic rings. The molecule has 0 saturated carbocycles. The Morgan fingerprint density at radius 3 is 3.05 bits per heavy atom. The van der Waals surface area contributed by atoms with Crippen LogP contribution >= 0.6 is 0 Å². The molecule has 1 fully saturated rings. The summed E-state index contributed by atoms with van der Waals surface area (Å²) in [6.45, 7) is 2.68. The van der Waals surface area contributed by atoms with Crippen molar-refractivity contribution in [1.29, 1.82) is 0 Å². The number of fused-ring (bicyclic) bond motifs is 1. The molecule has 1 aromatic heterocycles. The summed E-state index contributed by atoms with van der Waals surface area (Å²) < 4.78 is 10.6. The second-order valence-corrected chi connectivity index (χ2v) is 5.74. The van der Waals surface area contributed by atoms with Crippen LogP contribution < -0.4 is 0 Å². The van der Waals surface area contributed by atoms with Crippen molar-refractivity contribution in [3.63, 3.8) is 0 Å². The van der Waals surface area contributed by atoms with E-state index in [1.54, 1.807) is 0 Å². The maximum atomic E-state index is 12.3. The molecule has 1 atom stereocenters. The highest BCUT2D eigenvalue weighted by molar-refractivity contribution is 5.98. The summed E-state index contributed by atoms with van der Waals surface area (Å²) >= 11 is 0. The van der Waals surface area contributed by atoms with E-state index in [4.69, 9.17) is 9.26 Å². The lowest BCUT2D eigenvalue weighted by Gasteiger charge is -2.13. The van der Waals surface area contributed by atoms with Gasteiger partial charge in [-0.25, -0.2) is 0 Å². The number of amides is 1. The van der Waals surface area contributed by atoms with Gasteiger partial charge in [0.15, 0.2) is 5.82 Å². The Hall–Kier alpha value is -2.21. The second-order valence-electron chi connectivity index (χ2n) is 5.74. The molecular weight excluding hydrogens is 282 g/mol. The minimum atomic E-state index is 0.0829. The van der Waals surface area contributed by atoms with Crippen molar-refractivity contribution >= 4 is 5.91 Å². The number of nitrogens with zero attached hydrogens (tertiary/aromatic N) is 3. The van der Waals surface area contributed by atoms with Crippen molar-refractivity contribution in [3.05, 3.63) is 47.1 Å². The molecule has 0 unspecified atom stereocenters. The van der Waals surface area contributed by atoms with Crippen molar-refractivity contribution in [2.75, 3.05) is 19.8 Å². The summed E-state index contributed by atoms with van der Waals surface area (Å²) in [7, 11) is 0. The fourth-order valence-corrected chi connectivity index (χ4v) is 3.00. The van der Waals surface area contributed by atoms with Crippen LogP contribution in [-0.4, -0.2) is 40.7 Å². The summed E-state index contributed by atoms with van der Waals surface area (Å²) in [5, 5.41) is 4.03. The van der Waals surface area contributed by atoms with E-state index in [0.717, 1.165) is 30.0 Å². The van der Waals surface area contributed by atoms with Crippen LogP contribution in [0.5, 0.6) is 0 Å². The van der Waals surface area contributed by atoms with E-state index in [-0.39, 0.29) is 11.8 Å². The maximum absolute atomic E-state index is 12.3. The van der Waals surface area contributed by atoms with Crippen molar-refractivity contribution in [2.24, 2.45) is 0 Å². The van der Waals surface area contributed by atoms with Gasteiger partial charge < -0.3 is 14.2 Å². The molecule has 1 aromatic carbocycles. The molecule has 1 amide bonds. The zero-order chi connectivity index (χ0) is 14.9. The first-order valence-electron chi connectivity index (χ1n) is 7.58. The van der Waals surface area contributed by atoms with Crippen molar-refractivity contribution < 1.29 is 14.1 Å². The van der Waals surface area contributed by atoms with E-state index < -0.39 is 0 Å². The maximum Gasteiger partial charge on any atom is 0.254 e. The average Bonchev–Trinajstić information content (AvgIpc) is 3.26. The SMILES string of the molecule is O=C1c2ccccc2CN1CCc1nc([C@@H]2CCOC2)no1. The van der Waals surface area contributed by atoms with Gasteiger partial charge in [-0.3, -0.25) is 4.79 Å². The highest BCUT2D eigenvalue weighted by atomic mass is 16.5. The highest BCUT2D eigenvalue weighted by Crippen LogP contribution is 2.24. The topological polar surface area (TPSA) is 68.5 Å². The van der Waals surface area contributed by atoms with E-state index in [2.05, 4.69) is 10.1 Å². The van der Waals surface area contributed by atoms with Crippen molar-refractivity contribution in [3.8, 4) is 0 Å². The second kappa shape index (κ2) is 5.53. The molecule has 6 heteroatoms. The lowest BCUT2D eigenvalue weighted by Crippen LogP contribution is -2.26. The highest BCUT2D eigenvalue weighted by Gasteiger charge is 2.27. The number of hydrogen-bond donors (Lipinski definition) is 0. The predicted molar refractivity (Wildman–Crippen MR) is 77.4 cm³/mol. The minimum Gasteiger partial charge on any atom is -0.381 e. The molecular formula is C16H17N3O3. The Kier molecular flexibility index (Phi) is 3.38. The number of carbonyl (C=O) groups excluding carboxylic acids is 1. The fourth-order valence-electron chi connectivity index (χ4n) is 3.00. The first kappa shape index (κ1) is 13.5. The van der Waals surface area contributed by atoms with E-state index in [1.807, 2.05) is 29.2 Å². The standard InChI is InChI=1S/C16H17N3O3/c20-16-13-4-2-1-3-11(13)9-19(16)7-5-14-17-15(18-22-14)12-6-8-21-10-12/h1-4,12H,5-10H2/t12-/m1/s1.